The van der Waals surface area contributed by atoms with Gasteiger partial charge in [-0.3, -0.25) is 14.2 Å². The highest BCUT2D eigenvalue weighted by Gasteiger charge is 2.38. The minimum absolute atomic E-state index is 0.103. The van der Waals surface area contributed by atoms with Crippen LogP contribution in [-0.2, 0) is 20.5 Å². The quantitative estimate of drug-likeness (QED) is 0.737. The van der Waals surface area contributed by atoms with E-state index < -0.39 is 38.3 Å². The first-order valence-electron chi connectivity index (χ1n) is 9.17. The Balaban J connectivity index is 2.16. The monoisotopic (exact) mass is 398 g/mol. The van der Waals surface area contributed by atoms with Crippen LogP contribution in [0.15, 0.2) is 15.8 Å². The average Bonchev–Trinajstić information content (AvgIpc) is 3.00. The van der Waals surface area contributed by atoms with Gasteiger partial charge in [-0.25, -0.2) is 9.36 Å². The minimum Gasteiger partial charge on any atom is -0.480 e. The van der Waals surface area contributed by atoms with E-state index >= 15 is 0 Å². The fourth-order valence-electron chi connectivity index (χ4n) is 2.77. The molecule has 1 N–H and O–H groups in total. The number of carboxylic acids is 1. The lowest BCUT2D eigenvalue weighted by Crippen LogP contribution is -2.44. The van der Waals surface area contributed by atoms with Gasteiger partial charge in [0.05, 0.1) is 12.7 Å². The number of aryl methyl sites for hydroxylation is 1. The molecule has 2 unspecified atom stereocenters. The molecule has 1 aromatic rings. The van der Waals surface area contributed by atoms with E-state index in [4.69, 9.17) is 14.3 Å². The van der Waals surface area contributed by atoms with Gasteiger partial charge in [-0.15, -0.1) is 0 Å². The molecule has 152 valence electrons. The predicted octanol–water partition coefficient (Wildman–Crippen LogP) is 2.10. The van der Waals surface area contributed by atoms with E-state index in [-0.39, 0.29) is 11.1 Å². The second kappa shape index (κ2) is 7.73. The number of hydrogen-bond donors (Lipinski definition) is 1. The normalized spacial score (nSPS) is 20.8. The standard InChI is InChI=1S/C18H30N2O6Si/c1-12-9-19(17(24)20(16(12)23)10-15(21)22)14-8-7-13(26-14)11-25-27(5,6)18(2,3)4/h9,13-14H,7-8,10-11H2,1-6H3,(H,21,22). The molecule has 0 radical (unpaired) electrons. The number of aliphatic carboxylic acids is 1. The van der Waals surface area contributed by atoms with Crippen LogP contribution in [0.5, 0.6) is 0 Å². The second-order valence-electron chi connectivity index (χ2n) is 8.65. The first-order chi connectivity index (χ1) is 12.3. The summed E-state index contributed by atoms with van der Waals surface area (Å²) in [5, 5.41) is 9.07. The van der Waals surface area contributed by atoms with Gasteiger partial charge >= 0.3 is 11.7 Å². The fourth-order valence-corrected chi connectivity index (χ4v) is 3.81. The second-order valence-corrected chi connectivity index (χ2v) is 13.5. The smallest absolute Gasteiger partial charge is 0.333 e. The average molecular weight is 399 g/mol. The third-order valence-electron chi connectivity index (χ3n) is 5.49. The zero-order valence-electron chi connectivity index (χ0n) is 16.9. The van der Waals surface area contributed by atoms with Crippen LogP contribution in [0.4, 0.5) is 0 Å². The fraction of sp³-hybridized carbons (Fsp3) is 0.722. The molecule has 1 saturated heterocycles. The number of aromatic nitrogens is 2. The van der Waals surface area contributed by atoms with Gasteiger partial charge in [0.25, 0.3) is 5.56 Å². The molecule has 2 heterocycles. The van der Waals surface area contributed by atoms with Crippen LogP contribution >= 0.6 is 0 Å². The number of rotatable bonds is 6. The number of ether oxygens (including phenoxy) is 1. The largest absolute Gasteiger partial charge is 0.480 e. The van der Waals surface area contributed by atoms with Crippen LogP contribution in [0, 0.1) is 6.92 Å². The Bertz CT molecular complexity index is 821. The van der Waals surface area contributed by atoms with E-state index in [1.807, 2.05) is 0 Å². The first-order valence-corrected chi connectivity index (χ1v) is 12.1. The van der Waals surface area contributed by atoms with Gasteiger partial charge in [0.1, 0.15) is 12.8 Å². The molecule has 0 bridgehead atoms. The van der Waals surface area contributed by atoms with Crippen molar-refractivity contribution < 1.29 is 19.1 Å². The van der Waals surface area contributed by atoms with Crippen molar-refractivity contribution in [3.8, 4) is 0 Å². The highest BCUT2D eigenvalue weighted by Crippen LogP contribution is 2.37. The van der Waals surface area contributed by atoms with Crippen LogP contribution in [-0.4, -0.2) is 41.2 Å². The summed E-state index contributed by atoms with van der Waals surface area (Å²) in [5.74, 6) is -1.24. The molecule has 0 aromatic carbocycles. The summed E-state index contributed by atoms with van der Waals surface area (Å²) < 4.78 is 14.3. The molecule has 0 saturated carbocycles. The number of carbonyl (C=O) groups is 1. The number of nitrogens with zero attached hydrogens (tertiary/aromatic N) is 2. The zero-order chi connectivity index (χ0) is 20.6. The molecule has 2 rings (SSSR count). The van der Waals surface area contributed by atoms with Crippen LogP contribution in [0.25, 0.3) is 0 Å². The minimum atomic E-state index is -1.89. The highest BCUT2D eigenvalue weighted by atomic mass is 28.4. The summed E-state index contributed by atoms with van der Waals surface area (Å²) in [6.45, 7) is 12.2. The van der Waals surface area contributed by atoms with Crippen molar-refractivity contribution in [3.63, 3.8) is 0 Å². The van der Waals surface area contributed by atoms with Gasteiger partial charge in [0, 0.05) is 11.8 Å². The van der Waals surface area contributed by atoms with E-state index in [1.165, 1.54) is 10.8 Å². The maximum Gasteiger partial charge on any atom is 0.333 e. The van der Waals surface area contributed by atoms with Gasteiger partial charge < -0.3 is 14.3 Å². The van der Waals surface area contributed by atoms with Crippen molar-refractivity contribution in [3.05, 3.63) is 32.6 Å². The van der Waals surface area contributed by atoms with Crippen LogP contribution in [0.1, 0.15) is 45.4 Å². The molecule has 0 aliphatic carbocycles. The maximum absolute atomic E-state index is 12.6. The molecule has 8 nitrogen and oxygen atoms in total. The molecule has 0 spiro atoms. The molecule has 27 heavy (non-hydrogen) atoms. The lowest BCUT2D eigenvalue weighted by Gasteiger charge is -2.36. The van der Waals surface area contributed by atoms with Crippen molar-refractivity contribution in [2.75, 3.05) is 6.61 Å². The molecule has 1 aliphatic heterocycles. The topological polar surface area (TPSA) is 99.8 Å². The Hall–Kier alpha value is -1.71. The summed E-state index contributed by atoms with van der Waals surface area (Å²) in [6, 6.07) is 0. The van der Waals surface area contributed by atoms with Crippen LogP contribution < -0.4 is 11.2 Å². The lowest BCUT2D eigenvalue weighted by molar-refractivity contribution is -0.137. The van der Waals surface area contributed by atoms with Crippen LogP contribution in [0.3, 0.4) is 0 Å². The summed E-state index contributed by atoms with van der Waals surface area (Å²) in [4.78, 5) is 35.6. The van der Waals surface area contributed by atoms with E-state index in [1.54, 1.807) is 6.92 Å². The number of hydrogen-bond acceptors (Lipinski definition) is 5. The highest BCUT2D eigenvalue weighted by molar-refractivity contribution is 6.74. The first kappa shape index (κ1) is 21.6. The summed E-state index contributed by atoms with van der Waals surface area (Å²) in [6.07, 6.45) is 2.14. The molecule has 9 heteroatoms. The molecule has 0 amide bonds. The summed E-state index contributed by atoms with van der Waals surface area (Å²) in [7, 11) is -1.89. The van der Waals surface area contributed by atoms with Gasteiger partial charge in [0.2, 0.25) is 0 Å². The van der Waals surface area contributed by atoms with E-state index in [0.29, 0.717) is 18.6 Å². The van der Waals surface area contributed by atoms with Crippen molar-refractivity contribution >= 4 is 14.3 Å². The Morgan fingerprint density at radius 3 is 2.52 bits per heavy atom. The van der Waals surface area contributed by atoms with Gasteiger partial charge in [-0.05, 0) is 37.9 Å². The zero-order valence-corrected chi connectivity index (χ0v) is 17.9. The van der Waals surface area contributed by atoms with Gasteiger partial charge in [-0.1, -0.05) is 20.8 Å². The maximum atomic E-state index is 12.6. The van der Waals surface area contributed by atoms with Crippen molar-refractivity contribution in [2.24, 2.45) is 0 Å². The van der Waals surface area contributed by atoms with Crippen molar-refractivity contribution in [1.29, 1.82) is 0 Å². The van der Waals surface area contributed by atoms with Crippen molar-refractivity contribution in [2.45, 2.75) is 77.5 Å². The van der Waals surface area contributed by atoms with Crippen molar-refractivity contribution in [1.82, 2.24) is 9.13 Å². The Kier molecular flexibility index (Phi) is 6.18. The van der Waals surface area contributed by atoms with Crippen LogP contribution in [0.2, 0.25) is 18.1 Å². The molecule has 1 fully saturated rings. The summed E-state index contributed by atoms with van der Waals surface area (Å²) in [5.41, 5.74) is -0.946. The molecule has 1 aliphatic rings. The summed E-state index contributed by atoms with van der Waals surface area (Å²) >= 11 is 0. The lowest BCUT2D eigenvalue weighted by atomic mass is 10.2. The third kappa shape index (κ3) is 4.77. The van der Waals surface area contributed by atoms with E-state index in [2.05, 4.69) is 33.9 Å². The molecule has 1 aromatic heterocycles. The Labute approximate surface area is 159 Å². The van der Waals surface area contributed by atoms with E-state index in [9.17, 15) is 14.4 Å². The number of carboxylic acid groups (broad SMARTS) is 1. The Morgan fingerprint density at radius 2 is 1.96 bits per heavy atom. The van der Waals surface area contributed by atoms with Gasteiger partial charge in [-0.2, -0.15) is 0 Å². The van der Waals surface area contributed by atoms with E-state index in [0.717, 1.165) is 11.0 Å². The predicted molar refractivity (Wildman–Crippen MR) is 104 cm³/mol. The Morgan fingerprint density at radius 1 is 1.33 bits per heavy atom. The SMILES string of the molecule is Cc1cn(C2CCC(CO[Si](C)(C)C(C)(C)C)O2)c(=O)n(CC(=O)O)c1=O. The third-order valence-corrected chi connectivity index (χ3v) is 9.99. The van der Waals surface area contributed by atoms with Gasteiger partial charge in [0.15, 0.2) is 8.32 Å². The molecular weight excluding hydrogens is 368 g/mol. The molecular formula is C18H30N2O6Si. The molecule has 2 atom stereocenters.